The fourth-order valence-corrected chi connectivity index (χ4v) is 1.62. The molecule has 18 heavy (non-hydrogen) atoms. The molecule has 0 atom stereocenters. The number of hydrogen-bond acceptors (Lipinski definition) is 2. The van der Waals surface area contributed by atoms with Crippen molar-refractivity contribution in [1.29, 1.82) is 0 Å². The Bertz CT molecular complexity index is 579. The van der Waals surface area contributed by atoms with Crippen LogP contribution in [0.15, 0.2) is 30.3 Å². The number of hydrogen-bond donors (Lipinski definition) is 2. The van der Waals surface area contributed by atoms with Crippen LogP contribution in [0, 0.1) is 17.5 Å². The van der Waals surface area contributed by atoms with Gasteiger partial charge < -0.3 is 11.1 Å². The van der Waals surface area contributed by atoms with E-state index in [1.165, 1.54) is 18.2 Å². The van der Waals surface area contributed by atoms with E-state index in [0.717, 1.165) is 12.1 Å². The highest BCUT2D eigenvalue weighted by Gasteiger charge is 2.13. The van der Waals surface area contributed by atoms with Crippen LogP contribution in [0.1, 0.15) is 0 Å². The van der Waals surface area contributed by atoms with Crippen LogP contribution in [0.3, 0.4) is 0 Å². The highest BCUT2D eigenvalue weighted by atomic mass is 35.5. The second-order valence-corrected chi connectivity index (χ2v) is 3.99. The van der Waals surface area contributed by atoms with Crippen molar-refractivity contribution < 1.29 is 13.2 Å². The average molecular weight is 273 g/mol. The largest absolute Gasteiger partial charge is 0.399 e. The lowest BCUT2D eigenvalue weighted by Gasteiger charge is -2.10. The van der Waals surface area contributed by atoms with Crippen molar-refractivity contribution in [3.63, 3.8) is 0 Å². The maximum atomic E-state index is 13.6. The molecule has 0 fully saturated rings. The van der Waals surface area contributed by atoms with Gasteiger partial charge in [0.1, 0.15) is 5.69 Å². The van der Waals surface area contributed by atoms with E-state index in [2.05, 4.69) is 5.32 Å². The first-order chi connectivity index (χ1) is 8.49. The SMILES string of the molecule is Nc1cc(F)c(Nc2cccc(Cl)c2F)c(F)c1. The van der Waals surface area contributed by atoms with Crippen LogP contribution in [0.4, 0.5) is 30.2 Å². The number of nitrogens with one attached hydrogen (secondary N) is 1. The van der Waals surface area contributed by atoms with Gasteiger partial charge >= 0.3 is 0 Å². The van der Waals surface area contributed by atoms with Crippen LogP contribution in [0.2, 0.25) is 5.02 Å². The molecule has 6 heteroatoms. The molecule has 0 heterocycles. The first-order valence-electron chi connectivity index (χ1n) is 4.94. The molecular formula is C12H8ClF3N2. The number of anilines is 3. The minimum absolute atomic E-state index is 0.0536. The van der Waals surface area contributed by atoms with Crippen molar-refractivity contribution in [2.24, 2.45) is 0 Å². The average Bonchev–Trinajstić information content (AvgIpc) is 2.28. The zero-order valence-electron chi connectivity index (χ0n) is 8.98. The van der Waals surface area contributed by atoms with Crippen molar-refractivity contribution in [2.75, 3.05) is 11.1 Å². The molecular weight excluding hydrogens is 265 g/mol. The molecule has 3 N–H and O–H groups in total. The molecule has 0 aliphatic carbocycles. The maximum absolute atomic E-state index is 13.6. The number of rotatable bonds is 2. The molecule has 2 aromatic carbocycles. The fraction of sp³-hybridized carbons (Fsp3) is 0. The first kappa shape index (κ1) is 12.6. The molecule has 0 aromatic heterocycles. The van der Waals surface area contributed by atoms with Gasteiger partial charge in [0, 0.05) is 5.69 Å². The number of nitrogen functional groups attached to an aromatic ring is 1. The first-order valence-corrected chi connectivity index (χ1v) is 5.32. The molecule has 0 bridgehead atoms. The molecule has 0 saturated heterocycles. The predicted octanol–water partition coefficient (Wildman–Crippen LogP) is 4.08. The van der Waals surface area contributed by atoms with Gasteiger partial charge in [0.15, 0.2) is 17.5 Å². The van der Waals surface area contributed by atoms with Gasteiger partial charge in [-0.15, -0.1) is 0 Å². The standard InChI is InChI=1S/C12H8ClF3N2/c13-7-2-1-3-10(11(7)16)18-12-8(14)4-6(17)5-9(12)15/h1-5,18H,17H2. The summed E-state index contributed by atoms with van der Waals surface area (Å²) in [6.07, 6.45) is 0. The molecule has 0 aliphatic rings. The summed E-state index contributed by atoms with van der Waals surface area (Å²) >= 11 is 5.56. The van der Waals surface area contributed by atoms with Crippen LogP contribution < -0.4 is 11.1 Å². The van der Waals surface area contributed by atoms with Crippen molar-refractivity contribution >= 4 is 28.7 Å². The molecule has 0 spiro atoms. The summed E-state index contributed by atoms with van der Waals surface area (Å²) < 4.78 is 40.5. The molecule has 2 aromatic rings. The molecule has 94 valence electrons. The fourth-order valence-electron chi connectivity index (χ4n) is 1.45. The summed E-state index contributed by atoms with van der Waals surface area (Å²) in [6.45, 7) is 0. The summed E-state index contributed by atoms with van der Waals surface area (Å²) in [7, 11) is 0. The Kier molecular flexibility index (Phi) is 3.34. The smallest absolute Gasteiger partial charge is 0.165 e. The Morgan fingerprint density at radius 3 is 2.28 bits per heavy atom. The predicted molar refractivity (Wildman–Crippen MR) is 65.5 cm³/mol. The molecule has 2 rings (SSSR count). The minimum atomic E-state index is -0.910. The lowest BCUT2D eigenvalue weighted by atomic mass is 10.2. The van der Waals surface area contributed by atoms with Crippen molar-refractivity contribution in [3.05, 3.63) is 52.8 Å². The van der Waals surface area contributed by atoms with Gasteiger partial charge in [0.2, 0.25) is 0 Å². The summed E-state index contributed by atoms with van der Waals surface area (Å²) in [6, 6.07) is 5.98. The van der Waals surface area contributed by atoms with Gasteiger partial charge in [0.05, 0.1) is 10.7 Å². The zero-order valence-corrected chi connectivity index (χ0v) is 9.73. The maximum Gasteiger partial charge on any atom is 0.165 e. The molecule has 0 radical (unpaired) electrons. The molecule has 2 nitrogen and oxygen atoms in total. The van der Waals surface area contributed by atoms with Gasteiger partial charge in [-0.2, -0.15) is 0 Å². The minimum Gasteiger partial charge on any atom is -0.399 e. The second kappa shape index (κ2) is 4.78. The van der Waals surface area contributed by atoms with Crippen LogP contribution in [-0.2, 0) is 0 Å². The van der Waals surface area contributed by atoms with E-state index < -0.39 is 23.1 Å². The van der Waals surface area contributed by atoms with Gasteiger partial charge in [-0.05, 0) is 24.3 Å². The summed E-state index contributed by atoms with van der Waals surface area (Å²) in [5.74, 6) is -2.60. The van der Waals surface area contributed by atoms with Crippen LogP contribution in [0.5, 0.6) is 0 Å². The molecule has 0 amide bonds. The number of halogens is 4. The summed E-state index contributed by atoms with van der Waals surface area (Å²) in [5.41, 5.74) is 4.62. The van der Waals surface area contributed by atoms with Crippen molar-refractivity contribution in [3.8, 4) is 0 Å². The highest BCUT2D eigenvalue weighted by Crippen LogP contribution is 2.29. The van der Waals surface area contributed by atoms with E-state index in [4.69, 9.17) is 17.3 Å². The Hall–Kier alpha value is -1.88. The Morgan fingerprint density at radius 1 is 1.06 bits per heavy atom. The van der Waals surface area contributed by atoms with E-state index in [-0.39, 0.29) is 16.4 Å². The van der Waals surface area contributed by atoms with Crippen LogP contribution in [-0.4, -0.2) is 0 Å². The highest BCUT2D eigenvalue weighted by molar-refractivity contribution is 6.31. The monoisotopic (exact) mass is 272 g/mol. The third kappa shape index (κ3) is 2.36. The second-order valence-electron chi connectivity index (χ2n) is 3.59. The van der Waals surface area contributed by atoms with E-state index in [9.17, 15) is 13.2 Å². The van der Waals surface area contributed by atoms with Gasteiger partial charge in [-0.3, -0.25) is 0 Å². The third-order valence-corrected chi connectivity index (χ3v) is 2.57. The van der Waals surface area contributed by atoms with Gasteiger partial charge in [-0.1, -0.05) is 17.7 Å². The van der Waals surface area contributed by atoms with Crippen molar-refractivity contribution in [2.45, 2.75) is 0 Å². The lowest BCUT2D eigenvalue weighted by molar-refractivity contribution is 0.590. The zero-order chi connectivity index (χ0) is 13.3. The molecule has 0 aliphatic heterocycles. The third-order valence-electron chi connectivity index (χ3n) is 2.28. The Balaban J connectivity index is 2.43. The van der Waals surface area contributed by atoms with Crippen molar-refractivity contribution in [1.82, 2.24) is 0 Å². The number of benzene rings is 2. The van der Waals surface area contributed by atoms with E-state index in [0.29, 0.717) is 0 Å². The molecule has 0 saturated carbocycles. The van der Waals surface area contributed by atoms with Gasteiger partial charge in [-0.25, -0.2) is 13.2 Å². The van der Waals surface area contributed by atoms with Gasteiger partial charge in [0.25, 0.3) is 0 Å². The molecule has 0 unspecified atom stereocenters. The Morgan fingerprint density at radius 2 is 1.67 bits per heavy atom. The summed E-state index contributed by atoms with van der Waals surface area (Å²) in [5, 5.41) is 2.17. The summed E-state index contributed by atoms with van der Waals surface area (Å²) in [4.78, 5) is 0. The van der Waals surface area contributed by atoms with E-state index in [1.807, 2.05) is 0 Å². The quantitative estimate of drug-likeness (QED) is 0.808. The van der Waals surface area contributed by atoms with E-state index >= 15 is 0 Å². The normalized spacial score (nSPS) is 10.4. The van der Waals surface area contributed by atoms with E-state index in [1.54, 1.807) is 0 Å². The van der Waals surface area contributed by atoms with Crippen LogP contribution >= 0.6 is 11.6 Å². The Labute approximate surface area is 106 Å². The van der Waals surface area contributed by atoms with Crippen LogP contribution in [0.25, 0.3) is 0 Å². The lowest BCUT2D eigenvalue weighted by Crippen LogP contribution is -2.01. The topological polar surface area (TPSA) is 38.0 Å². The number of nitrogens with two attached hydrogens (primary N) is 1.